The van der Waals surface area contributed by atoms with Crippen LogP contribution in [-0.4, -0.2) is 16.6 Å². The molecule has 2 aromatic carbocycles. The molecule has 1 heterocycles. The van der Waals surface area contributed by atoms with Crippen LogP contribution in [0.15, 0.2) is 66.4 Å². The molecule has 1 fully saturated rings. The molecule has 1 aromatic heterocycles. The normalized spacial score (nSPS) is 17.9. The van der Waals surface area contributed by atoms with Gasteiger partial charge in [0.15, 0.2) is 11.6 Å². The number of carbonyl (C=O) groups excluding carboxylic acids is 2. The van der Waals surface area contributed by atoms with Crippen LogP contribution < -0.4 is 0 Å². The molecule has 0 spiro atoms. The fourth-order valence-electron chi connectivity index (χ4n) is 4.00. The fraction of sp³-hybridized carbons (Fsp3) is 0.160. The smallest absolute Gasteiger partial charge is 0.174 e. The lowest BCUT2D eigenvalue weighted by Crippen LogP contribution is -2.15. The number of Topliss-reactive ketones (excluding diaryl/α,β-unsaturated/α-hetero) is 2. The summed E-state index contributed by atoms with van der Waals surface area (Å²) in [5.41, 5.74) is 5.54. The van der Waals surface area contributed by atoms with Crippen LogP contribution in [0.2, 0.25) is 0 Å². The van der Waals surface area contributed by atoms with Gasteiger partial charge in [0, 0.05) is 18.2 Å². The number of benzene rings is 2. The molecule has 1 aliphatic rings. The highest BCUT2D eigenvalue weighted by Gasteiger charge is 2.39. The minimum atomic E-state index is -0.771. The molecule has 144 valence electrons. The molecular weight excluding hydrogens is 365 g/mol. The molecule has 4 rings (SSSR count). The SMILES string of the molecule is Cc1cc(-c2ccc(F)cc2)cc(C)c1C1C(=O)C/C(=C\c2ccccn2)C1=O. The van der Waals surface area contributed by atoms with Gasteiger partial charge in [-0.05, 0) is 72.0 Å². The van der Waals surface area contributed by atoms with Crippen molar-refractivity contribution in [1.29, 1.82) is 0 Å². The van der Waals surface area contributed by atoms with E-state index < -0.39 is 5.92 Å². The van der Waals surface area contributed by atoms with Crippen molar-refractivity contribution in [3.8, 4) is 11.1 Å². The number of allylic oxidation sites excluding steroid dienone is 1. The van der Waals surface area contributed by atoms with Crippen LogP contribution in [0.25, 0.3) is 17.2 Å². The molecular formula is C25H20FNO2. The minimum absolute atomic E-state index is 0.0853. The van der Waals surface area contributed by atoms with Crippen LogP contribution in [0.1, 0.15) is 34.7 Å². The Kier molecular flexibility index (Phi) is 4.93. The number of aryl methyl sites for hydroxylation is 2. The summed E-state index contributed by atoms with van der Waals surface area (Å²) in [6.07, 6.45) is 3.49. The summed E-state index contributed by atoms with van der Waals surface area (Å²) in [6, 6.07) is 15.7. The van der Waals surface area contributed by atoms with Gasteiger partial charge in [-0.3, -0.25) is 14.6 Å². The second-order valence-electron chi connectivity index (χ2n) is 7.40. The zero-order valence-corrected chi connectivity index (χ0v) is 16.3. The predicted molar refractivity (Wildman–Crippen MR) is 111 cm³/mol. The van der Waals surface area contributed by atoms with Crippen LogP contribution in [0.4, 0.5) is 4.39 Å². The van der Waals surface area contributed by atoms with Crippen LogP contribution in [-0.2, 0) is 9.59 Å². The van der Waals surface area contributed by atoms with Gasteiger partial charge in [0.25, 0.3) is 0 Å². The van der Waals surface area contributed by atoms with E-state index in [1.54, 1.807) is 24.4 Å². The van der Waals surface area contributed by atoms with E-state index in [1.165, 1.54) is 12.1 Å². The van der Waals surface area contributed by atoms with Crippen LogP contribution in [0.3, 0.4) is 0 Å². The maximum Gasteiger partial charge on any atom is 0.174 e. The highest BCUT2D eigenvalue weighted by Crippen LogP contribution is 2.37. The molecule has 1 unspecified atom stereocenters. The molecule has 0 radical (unpaired) electrons. The number of carbonyl (C=O) groups is 2. The predicted octanol–water partition coefficient (Wildman–Crippen LogP) is 5.21. The van der Waals surface area contributed by atoms with Crippen molar-refractivity contribution in [2.45, 2.75) is 26.2 Å². The number of halogens is 1. The van der Waals surface area contributed by atoms with E-state index in [1.807, 2.05) is 44.2 Å². The number of rotatable bonds is 3. The van der Waals surface area contributed by atoms with Crippen molar-refractivity contribution >= 4 is 17.6 Å². The topological polar surface area (TPSA) is 47.0 Å². The Balaban J connectivity index is 1.71. The number of hydrogen-bond acceptors (Lipinski definition) is 3. The van der Waals surface area contributed by atoms with Crippen molar-refractivity contribution in [2.75, 3.05) is 0 Å². The summed E-state index contributed by atoms with van der Waals surface area (Å²) in [4.78, 5) is 30.0. The zero-order valence-electron chi connectivity index (χ0n) is 16.3. The van der Waals surface area contributed by atoms with Gasteiger partial charge in [-0.1, -0.05) is 30.3 Å². The summed E-state index contributed by atoms with van der Waals surface area (Å²) in [5, 5.41) is 0. The van der Waals surface area contributed by atoms with E-state index >= 15 is 0 Å². The first-order chi connectivity index (χ1) is 13.9. The molecule has 0 bridgehead atoms. The first-order valence-corrected chi connectivity index (χ1v) is 9.49. The lowest BCUT2D eigenvalue weighted by molar-refractivity contribution is -0.123. The largest absolute Gasteiger partial charge is 0.298 e. The van der Waals surface area contributed by atoms with E-state index in [2.05, 4.69) is 4.98 Å². The van der Waals surface area contributed by atoms with Gasteiger partial charge in [-0.25, -0.2) is 4.39 Å². The second-order valence-corrected chi connectivity index (χ2v) is 7.40. The maximum atomic E-state index is 13.2. The van der Waals surface area contributed by atoms with Gasteiger partial charge in [0.2, 0.25) is 0 Å². The monoisotopic (exact) mass is 385 g/mol. The maximum absolute atomic E-state index is 13.2. The number of ketones is 2. The number of hydrogen-bond donors (Lipinski definition) is 0. The second kappa shape index (κ2) is 7.55. The molecule has 1 aliphatic carbocycles. The zero-order chi connectivity index (χ0) is 20.5. The van der Waals surface area contributed by atoms with Crippen molar-refractivity contribution < 1.29 is 14.0 Å². The summed E-state index contributed by atoms with van der Waals surface area (Å²) < 4.78 is 13.2. The van der Waals surface area contributed by atoms with Gasteiger partial charge in [-0.2, -0.15) is 0 Å². The van der Waals surface area contributed by atoms with E-state index in [-0.39, 0.29) is 23.8 Å². The third kappa shape index (κ3) is 3.66. The number of aromatic nitrogens is 1. The van der Waals surface area contributed by atoms with E-state index in [0.717, 1.165) is 27.8 Å². The van der Waals surface area contributed by atoms with Crippen LogP contribution in [0, 0.1) is 19.7 Å². The van der Waals surface area contributed by atoms with Gasteiger partial charge < -0.3 is 0 Å². The van der Waals surface area contributed by atoms with Crippen molar-refractivity contribution in [1.82, 2.24) is 4.98 Å². The Morgan fingerprint density at radius 1 is 0.966 bits per heavy atom. The standard InChI is InChI=1S/C25H20FNO2/c1-15-11-18(17-6-8-20(26)9-7-17)12-16(2)23(15)24-22(28)14-19(25(24)29)13-21-5-3-4-10-27-21/h3-13,24H,14H2,1-2H3/b19-13+. The lowest BCUT2D eigenvalue weighted by Gasteiger charge is -2.16. The molecule has 4 heteroatoms. The quantitative estimate of drug-likeness (QED) is 0.459. The van der Waals surface area contributed by atoms with Gasteiger partial charge in [0.1, 0.15) is 11.7 Å². The Morgan fingerprint density at radius 3 is 2.28 bits per heavy atom. The van der Waals surface area contributed by atoms with E-state index in [9.17, 15) is 14.0 Å². The van der Waals surface area contributed by atoms with Crippen molar-refractivity contribution in [2.24, 2.45) is 0 Å². The van der Waals surface area contributed by atoms with E-state index in [4.69, 9.17) is 0 Å². The number of nitrogens with zero attached hydrogens (tertiary/aromatic N) is 1. The molecule has 1 saturated carbocycles. The van der Waals surface area contributed by atoms with Gasteiger partial charge >= 0.3 is 0 Å². The lowest BCUT2D eigenvalue weighted by atomic mass is 9.86. The molecule has 1 atom stereocenters. The Hall–Kier alpha value is -3.40. The molecule has 0 amide bonds. The average molecular weight is 385 g/mol. The van der Waals surface area contributed by atoms with E-state index in [0.29, 0.717) is 11.3 Å². The summed E-state index contributed by atoms with van der Waals surface area (Å²) in [5.74, 6) is -1.29. The average Bonchev–Trinajstić information content (AvgIpc) is 2.96. The minimum Gasteiger partial charge on any atom is -0.298 e. The number of pyridine rings is 1. The van der Waals surface area contributed by atoms with Crippen LogP contribution in [0.5, 0.6) is 0 Å². The summed E-state index contributed by atoms with van der Waals surface area (Å²) in [7, 11) is 0. The van der Waals surface area contributed by atoms with Crippen molar-refractivity contribution in [3.05, 3.63) is 94.6 Å². The fourth-order valence-corrected chi connectivity index (χ4v) is 4.00. The first kappa shape index (κ1) is 18.9. The summed E-state index contributed by atoms with van der Waals surface area (Å²) >= 11 is 0. The molecule has 0 aliphatic heterocycles. The first-order valence-electron chi connectivity index (χ1n) is 9.49. The highest BCUT2D eigenvalue weighted by molar-refractivity contribution is 6.24. The molecule has 3 nitrogen and oxygen atoms in total. The Bertz CT molecular complexity index is 1110. The van der Waals surface area contributed by atoms with Crippen molar-refractivity contribution in [3.63, 3.8) is 0 Å². The van der Waals surface area contributed by atoms with Crippen LogP contribution >= 0.6 is 0 Å². The molecule has 0 saturated heterocycles. The molecule has 0 N–H and O–H groups in total. The van der Waals surface area contributed by atoms with Gasteiger partial charge in [-0.15, -0.1) is 0 Å². The third-order valence-corrected chi connectivity index (χ3v) is 5.34. The Labute approximate surface area is 168 Å². The summed E-state index contributed by atoms with van der Waals surface area (Å²) in [6.45, 7) is 3.83. The molecule has 29 heavy (non-hydrogen) atoms. The Morgan fingerprint density at radius 2 is 1.66 bits per heavy atom. The molecule has 3 aromatic rings. The third-order valence-electron chi connectivity index (χ3n) is 5.34. The van der Waals surface area contributed by atoms with Gasteiger partial charge in [0.05, 0.1) is 5.69 Å². The highest BCUT2D eigenvalue weighted by atomic mass is 19.1.